The number of hydrogen-bond acceptors (Lipinski definition) is 3. The molecule has 3 nitrogen and oxygen atoms in total. The van der Waals surface area contributed by atoms with Crippen molar-refractivity contribution in [3.8, 4) is 5.88 Å². The summed E-state index contributed by atoms with van der Waals surface area (Å²) in [6.45, 7) is 1.93. The van der Waals surface area contributed by atoms with Crippen molar-refractivity contribution in [2.75, 3.05) is 7.11 Å². The van der Waals surface area contributed by atoms with Crippen LogP contribution in [0.25, 0.3) is 0 Å². The summed E-state index contributed by atoms with van der Waals surface area (Å²) >= 11 is 0. The van der Waals surface area contributed by atoms with Gasteiger partial charge in [0.25, 0.3) is 0 Å². The van der Waals surface area contributed by atoms with Crippen LogP contribution in [0.15, 0.2) is 12.1 Å². The van der Waals surface area contributed by atoms with E-state index >= 15 is 0 Å². The van der Waals surface area contributed by atoms with Crippen LogP contribution in [0.3, 0.4) is 0 Å². The van der Waals surface area contributed by atoms with Crippen molar-refractivity contribution in [3.05, 3.63) is 23.4 Å². The minimum atomic E-state index is -0.665. The molecule has 0 radical (unpaired) electrons. The minimum Gasteiger partial charge on any atom is -0.481 e. The minimum absolute atomic E-state index is 0.612. The van der Waals surface area contributed by atoms with Crippen molar-refractivity contribution in [1.82, 2.24) is 4.98 Å². The van der Waals surface area contributed by atoms with Crippen LogP contribution in [0.2, 0.25) is 0 Å². The fourth-order valence-electron chi connectivity index (χ4n) is 2.55. The van der Waals surface area contributed by atoms with Crippen molar-refractivity contribution in [1.29, 1.82) is 0 Å². The van der Waals surface area contributed by atoms with E-state index in [0.29, 0.717) is 5.88 Å². The molecule has 16 heavy (non-hydrogen) atoms. The Morgan fingerprint density at radius 2 is 1.94 bits per heavy atom. The molecule has 3 heteroatoms. The lowest BCUT2D eigenvalue weighted by molar-refractivity contribution is -0.00159. The SMILES string of the molecule is COc1ccc(C2(O)CCCCC2)c(C)n1. The number of pyridine rings is 1. The number of hydrogen-bond donors (Lipinski definition) is 1. The van der Waals surface area contributed by atoms with Gasteiger partial charge in [-0.2, -0.15) is 0 Å². The van der Waals surface area contributed by atoms with E-state index < -0.39 is 5.60 Å². The number of ether oxygens (including phenoxy) is 1. The number of aromatic nitrogens is 1. The first-order valence-corrected chi connectivity index (χ1v) is 5.90. The Kier molecular flexibility index (Phi) is 3.15. The molecule has 1 aromatic heterocycles. The molecule has 0 atom stereocenters. The first-order valence-electron chi connectivity index (χ1n) is 5.90. The third-order valence-corrected chi connectivity index (χ3v) is 3.45. The lowest BCUT2D eigenvalue weighted by atomic mass is 9.79. The van der Waals surface area contributed by atoms with E-state index in [1.54, 1.807) is 7.11 Å². The van der Waals surface area contributed by atoms with Crippen LogP contribution in [0.5, 0.6) is 5.88 Å². The first-order chi connectivity index (χ1) is 7.65. The Hall–Kier alpha value is -1.09. The van der Waals surface area contributed by atoms with Gasteiger partial charge in [-0.1, -0.05) is 19.3 Å². The maximum atomic E-state index is 10.6. The van der Waals surface area contributed by atoms with Gasteiger partial charge >= 0.3 is 0 Å². The quantitative estimate of drug-likeness (QED) is 0.834. The van der Waals surface area contributed by atoms with Crippen LogP contribution in [0, 0.1) is 6.92 Å². The van der Waals surface area contributed by atoms with E-state index in [4.69, 9.17) is 4.74 Å². The zero-order chi connectivity index (χ0) is 11.6. The molecule has 1 aliphatic carbocycles. The van der Waals surface area contributed by atoms with Gasteiger partial charge in [-0.15, -0.1) is 0 Å². The average molecular weight is 221 g/mol. The van der Waals surface area contributed by atoms with Crippen LogP contribution in [-0.4, -0.2) is 17.2 Å². The molecule has 1 fully saturated rings. The third kappa shape index (κ3) is 2.05. The number of rotatable bonds is 2. The van der Waals surface area contributed by atoms with Crippen LogP contribution in [0.1, 0.15) is 43.4 Å². The van der Waals surface area contributed by atoms with Gasteiger partial charge in [0, 0.05) is 17.3 Å². The zero-order valence-corrected chi connectivity index (χ0v) is 9.99. The van der Waals surface area contributed by atoms with Crippen LogP contribution < -0.4 is 4.74 Å². The molecule has 1 heterocycles. The van der Waals surface area contributed by atoms with Crippen molar-refractivity contribution < 1.29 is 9.84 Å². The second-order valence-electron chi connectivity index (χ2n) is 4.58. The van der Waals surface area contributed by atoms with Gasteiger partial charge in [0.15, 0.2) is 0 Å². The molecule has 2 rings (SSSR count). The smallest absolute Gasteiger partial charge is 0.213 e. The summed E-state index contributed by atoms with van der Waals surface area (Å²) in [6, 6.07) is 3.78. The van der Waals surface area contributed by atoms with Crippen LogP contribution in [-0.2, 0) is 5.60 Å². The topological polar surface area (TPSA) is 42.4 Å². The van der Waals surface area contributed by atoms with Crippen LogP contribution in [0.4, 0.5) is 0 Å². The Labute approximate surface area is 96.5 Å². The third-order valence-electron chi connectivity index (χ3n) is 3.45. The molecular weight excluding hydrogens is 202 g/mol. The lowest BCUT2D eigenvalue weighted by Crippen LogP contribution is -2.29. The summed E-state index contributed by atoms with van der Waals surface area (Å²) in [7, 11) is 1.61. The van der Waals surface area contributed by atoms with Gasteiger partial charge in [0.2, 0.25) is 5.88 Å². The summed E-state index contributed by atoms with van der Waals surface area (Å²) in [5.41, 5.74) is 1.18. The van der Waals surface area contributed by atoms with Gasteiger partial charge in [0.05, 0.1) is 12.7 Å². The number of aryl methyl sites for hydroxylation is 1. The molecule has 0 aliphatic heterocycles. The van der Waals surface area contributed by atoms with E-state index in [9.17, 15) is 5.11 Å². The molecule has 1 N–H and O–H groups in total. The molecule has 1 aromatic rings. The van der Waals surface area contributed by atoms with E-state index in [1.807, 2.05) is 19.1 Å². The Morgan fingerprint density at radius 3 is 2.50 bits per heavy atom. The molecule has 88 valence electrons. The molecule has 0 aromatic carbocycles. The zero-order valence-electron chi connectivity index (χ0n) is 9.99. The highest BCUT2D eigenvalue weighted by atomic mass is 16.5. The summed E-state index contributed by atoms with van der Waals surface area (Å²) in [5.74, 6) is 0.612. The first kappa shape index (κ1) is 11.4. The highest BCUT2D eigenvalue weighted by Crippen LogP contribution is 2.38. The lowest BCUT2D eigenvalue weighted by Gasteiger charge is -2.33. The second kappa shape index (κ2) is 4.42. The number of nitrogens with zero attached hydrogens (tertiary/aromatic N) is 1. The van der Waals surface area contributed by atoms with Gasteiger partial charge in [-0.3, -0.25) is 0 Å². The highest BCUT2D eigenvalue weighted by molar-refractivity contribution is 5.30. The van der Waals surface area contributed by atoms with E-state index in [1.165, 1.54) is 6.42 Å². The van der Waals surface area contributed by atoms with Gasteiger partial charge < -0.3 is 9.84 Å². The van der Waals surface area contributed by atoms with Crippen LogP contribution >= 0.6 is 0 Å². The summed E-state index contributed by atoms with van der Waals surface area (Å²) in [5, 5.41) is 10.6. The molecule has 0 saturated heterocycles. The molecular formula is C13H19NO2. The van der Waals surface area contributed by atoms with Gasteiger partial charge in [-0.05, 0) is 25.8 Å². The van der Waals surface area contributed by atoms with Crippen molar-refractivity contribution >= 4 is 0 Å². The predicted molar refractivity (Wildman–Crippen MR) is 62.5 cm³/mol. The Bertz CT molecular complexity index is 370. The van der Waals surface area contributed by atoms with Crippen molar-refractivity contribution in [3.63, 3.8) is 0 Å². The fraction of sp³-hybridized carbons (Fsp3) is 0.615. The molecule has 0 spiro atoms. The maximum Gasteiger partial charge on any atom is 0.213 e. The standard InChI is InChI=1S/C13H19NO2/c1-10-11(6-7-12(14-10)16-2)13(15)8-4-3-5-9-13/h6-7,15H,3-5,8-9H2,1-2H3. The Balaban J connectivity index is 2.32. The van der Waals surface area contributed by atoms with Crippen molar-refractivity contribution in [2.24, 2.45) is 0 Å². The summed E-state index contributed by atoms with van der Waals surface area (Å²) < 4.78 is 5.08. The molecule has 1 aliphatic rings. The predicted octanol–water partition coefficient (Wildman–Crippen LogP) is 2.55. The normalized spacial score (nSPS) is 19.4. The fourth-order valence-corrected chi connectivity index (χ4v) is 2.55. The molecule has 0 unspecified atom stereocenters. The average Bonchev–Trinajstić information content (AvgIpc) is 2.29. The Morgan fingerprint density at radius 1 is 1.25 bits per heavy atom. The van der Waals surface area contributed by atoms with Crippen molar-refractivity contribution in [2.45, 2.75) is 44.6 Å². The highest BCUT2D eigenvalue weighted by Gasteiger charge is 2.32. The maximum absolute atomic E-state index is 10.6. The second-order valence-corrected chi connectivity index (χ2v) is 4.58. The number of aliphatic hydroxyl groups is 1. The summed E-state index contributed by atoms with van der Waals surface area (Å²) in [4.78, 5) is 4.33. The van der Waals surface area contributed by atoms with Gasteiger partial charge in [-0.25, -0.2) is 4.98 Å². The summed E-state index contributed by atoms with van der Waals surface area (Å²) in [6.07, 6.45) is 5.12. The van der Waals surface area contributed by atoms with E-state index in [-0.39, 0.29) is 0 Å². The molecule has 0 amide bonds. The van der Waals surface area contributed by atoms with E-state index in [2.05, 4.69) is 4.98 Å². The van der Waals surface area contributed by atoms with Gasteiger partial charge in [0.1, 0.15) is 0 Å². The molecule has 1 saturated carbocycles. The largest absolute Gasteiger partial charge is 0.481 e. The monoisotopic (exact) mass is 221 g/mol. The van der Waals surface area contributed by atoms with E-state index in [0.717, 1.165) is 36.9 Å². The number of methoxy groups -OCH3 is 1. The molecule has 0 bridgehead atoms.